The monoisotopic (exact) mass is 414 g/mol. The summed E-state index contributed by atoms with van der Waals surface area (Å²) in [6, 6.07) is 11.8. The van der Waals surface area contributed by atoms with Crippen molar-refractivity contribution in [2.45, 2.75) is 52.6 Å². The van der Waals surface area contributed by atoms with Crippen LogP contribution < -0.4 is 9.47 Å². The molecule has 164 valence electrons. The Morgan fingerprint density at radius 1 is 0.900 bits per heavy atom. The Kier molecular flexibility index (Phi) is 10.2. The molecule has 2 rings (SSSR count). The lowest BCUT2D eigenvalue weighted by Crippen LogP contribution is -2.30. The quantitative estimate of drug-likeness (QED) is 0.225. The summed E-state index contributed by atoms with van der Waals surface area (Å²) >= 11 is 0. The zero-order valence-electron chi connectivity index (χ0n) is 18.4. The van der Waals surface area contributed by atoms with Crippen molar-refractivity contribution in [1.82, 2.24) is 0 Å². The minimum Gasteiger partial charge on any atom is -0.493 e. The highest BCUT2D eigenvalue weighted by molar-refractivity contribution is 5.93. The first-order valence-corrected chi connectivity index (χ1v) is 10.8. The first-order chi connectivity index (χ1) is 14.6. The van der Waals surface area contributed by atoms with Crippen LogP contribution in [0.25, 0.3) is 10.8 Å². The average Bonchev–Trinajstić information content (AvgIpc) is 2.75. The third-order valence-electron chi connectivity index (χ3n) is 4.59. The fourth-order valence-corrected chi connectivity index (χ4v) is 2.83. The molecule has 0 aliphatic heterocycles. The van der Waals surface area contributed by atoms with Gasteiger partial charge in [-0.1, -0.05) is 57.5 Å². The molecule has 0 aromatic heterocycles. The summed E-state index contributed by atoms with van der Waals surface area (Å²) < 4.78 is 23.2. The van der Waals surface area contributed by atoms with E-state index in [0.717, 1.165) is 48.0 Å². The molecule has 0 bridgehead atoms. The van der Waals surface area contributed by atoms with E-state index in [-0.39, 0.29) is 13.2 Å². The van der Waals surface area contributed by atoms with Crippen molar-refractivity contribution >= 4 is 16.7 Å². The fourth-order valence-electron chi connectivity index (χ4n) is 2.83. The number of hydrogen-bond donors (Lipinski definition) is 0. The third-order valence-corrected chi connectivity index (χ3v) is 4.59. The second kappa shape index (κ2) is 12.9. The Labute approximate surface area is 180 Å². The van der Waals surface area contributed by atoms with Crippen molar-refractivity contribution in [3.63, 3.8) is 0 Å². The molecule has 0 aliphatic carbocycles. The van der Waals surface area contributed by atoms with Gasteiger partial charge in [-0.3, -0.25) is 0 Å². The lowest BCUT2D eigenvalue weighted by Gasteiger charge is -2.20. The summed E-state index contributed by atoms with van der Waals surface area (Å²) in [5.74, 6) is 1.13. The summed E-state index contributed by atoms with van der Waals surface area (Å²) in [5.41, 5.74) is 0.354. The van der Waals surface area contributed by atoms with Crippen LogP contribution in [0.2, 0.25) is 0 Å². The first kappa shape index (κ1) is 23.7. The summed E-state index contributed by atoms with van der Waals surface area (Å²) in [6.45, 7) is 11.3. The highest BCUT2D eigenvalue weighted by Gasteiger charge is 2.17. The smallest absolute Gasteiger partial charge is 0.333 e. The van der Waals surface area contributed by atoms with E-state index in [1.54, 1.807) is 6.92 Å². The lowest BCUT2D eigenvalue weighted by molar-refractivity contribution is -0.149. The standard InChI is InChI=1S/C25H34O5/c1-5-7-15-27-17-20(30-25(26)19(3)4)18-29-24-14-13-23(28-16-8-6-2)21-11-9-10-12-22(21)24/h9-14,20H,3,5-8,15-18H2,1-2,4H3. The van der Waals surface area contributed by atoms with Crippen LogP contribution in [0.4, 0.5) is 0 Å². The summed E-state index contributed by atoms with van der Waals surface area (Å²) in [6.07, 6.45) is 3.60. The minimum atomic E-state index is -0.509. The van der Waals surface area contributed by atoms with Gasteiger partial charge < -0.3 is 18.9 Å². The Morgan fingerprint density at radius 2 is 1.50 bits per heavy atom. The second-order valence-electron chi connectivity index (χ2n) is 7.36. The summed E-state index contributed by atoms with van der Waals surface area (Å²) in [4.78, 5) is 12.0. The van der Waals surface area contributed by atoms with E-state index in [4.69, 9.17) is 18.9 Å². The van der Waals surface area contributed by atoms with E-state index in [2.05, 4.69) is 20.4 Å². The Bertz CT molecular complexity index is 814. The molecule has 0 fully saturated rings. The van der Waals surface area contributed by atoms with Gasteiger partial charge in [0.1, 0.15) is 18.1 Å². The van der Waals surface area contributed by atoms with Crippen molar-refractivity contribution in [3.8, 4) is 11.5 Å². The van der Waals surface area contributed by atoms with Gasteiger partial charge in [0.2, 0.25) is 0 Å². The average molecular weight is 415 g/mol. The van der Waals surface area contributed by atoms with Crippen LogP contribution in [-0.4, -0.2) is 38.5 Å². The Hall–Kier alpha value is -2.53. The van der Waals surface area contributed by atoms with Crippen molar-refractivity contribution in [2.24, 2.45) is 0 Å². The van der Waals surface area contributed by atoms with Gasteiger partial charge in [-0.05, 0) is 31.9 Å². The van der Waals surface area contributed by atoms with Crippen molar-refractivity contribution in [1.29, 1.82) is 0 Å². The normalized spacial score (nSPS) is 11.8. The van der Waals surface area contributed by atoms with Gasteiger partial charge in [-0.2, -0.15) is 0 Å². The van der Waals surface area contributed by atoms with E-state index in [1.165, 1.54) is 0 Å². The maximum atomic E-state index is 12.0. The van der Waals surface area contributed by atoms with Crippen LogP contribution in [0.1, 0.15) is 46.5 Å². The number of carbonyl (C=O) groups is 1. The molecular weight excluding hydrogens is 380 g/mol. The molecule has 5 heteroatoms. The molecule has 0 spiro atoms. The van der Waals surface area contributed by atoms with Crippen LogP contribution in [-0.2, 0) is 14.3 Å². The van der Waals surface area contributed by atoms with E-state index in [1.807, 2.05) is 36.4 Å². The van der Waals surface area contributed by atoms with E-state index in [9.17, 15) is 4.79 Å². The summed E-state index contributed by atoms with van der Waals surface area (Å²) in [5, 5.41) is 1.96. The van der Waals surface area contributed by atoms with Gasteiger partial charge in [0.15, 0.2) is 6.10 Å². The molecule has 2 aromatic rings. The Morgan fingerprint density at radius 3 is 2.10 bits per heavy atom. The molecule has 1 unspecified atom stereocenters. The molecular formula is C25H34O5. The number of esters is 1. The predicted octanol–water partition coefficient (Wildman–Crippen LogP) is 5.70. The molecule has 0 saturated heterocycles. The molecule has 0 N–H and O–H groups in total. The number of carbonyl (C=O) groups excluding carboxylic acids is 1. The summed E-state index contributed by atoms with van der Waals surface area (Å²) in [7, 11) is 0. The number of fused-ring (bicyclic) bond motifs is 1. The highest BCUT2D eigenvalue weighted by atomic mass is 16.6. The van der Waals surface area contributed by atoms with Gasteiger partial charge in [0.25, 0.3) is 0 Å². The number of ether oxygens (including phenoxy) is 4. The van der Waals surface area contributed by atoms with Gasteiger partial charge in [-0.15, -0.1) is 0 Å². The number of hydrogen-bond acceptors (Lipinski definition) is 5. The molecule has 0 aliphatic rings. The first-order valence-electron chi connectivity index (χ1n) is 10.8. The molecule has 2 aromatic carbocycles. The number of unbranched alkanes of at least 4 members (excludes halogenated alkanes) is 2. The SMILES string of the molecule is C=C(C)C(=O)OC(COCCCC)COc1ccc(OCCCC)c2ccccc12. The molecule has 30 heavy (non-hydrogen) atoms. The lowest BCUT2D eigenvalue weighted by atomic mass is 10.1. The fraction of sp³-hybridized carbons (Fsp3) is 0.480. The van der Waals surface area contributed by atoms with Gasteiger partial charge in [0.05, 0.1) is 13.2 Å². The Balaban J connectivity index is 2.10. The molecule has 0 radical (unpaired) electrons. The zero-order chi connectivity index (χ0) is 21.8. The second-order valence-corrected chi connectivity index (χ2v) is 7.36. The zero-order valence-corrected chi connectivity index (χ0v) is 18.4. The molecule has 0 saturated carbocycles. The van der Waals surface area contributed by atoms with Crippen LogP contribution in [0.5, 0.6) is 11.5 Å². The molecule has 0 amide bonds. The maximum absolute atomic E-state index is 12.0. The van der Waals surface area contributed by atoms with Crippen LogP contribution in [0, 0.1) is 0 Å². The molecule has 0 heterocycles. The van der Waals surface area contributed by atoms with E-state index in [0.29, 0.717) is 18.8 Å². The van der Waals surface area contributed by atoms with Crippen LogP contribution >= 0.6 is 0 Å². The van der Waals surface area contributed by atoms with Crippen molar-refractivity contribution in [2.75, 3.05) is 26.4 Å². The van der Waals surface area contributed by atoms with Gasteiger partial charge in [0, 0.05) is 23.0 Å². The van der Waals surface area contributed by atoms with E-state index >= 15 is 0 Å². The predicted molar refractivity (Wildman–Crippen MR) is 120 cm³/mol. The minimum absolute atomic E-state index is 0.200. The third kappa shape index (κ3) is 7.38. The maximum Gasteiger partial charge on any atom is 0.333 e. The number of benzene rings is 2. The van der Waals surface area contributed by atoms with Crippen LogP contribution in [0.3, 0.4) is 0 Å². The van der Waals surface area contributed by atoms with Gasteiger partial charge in [-0.25, -0.2) is 4.79 Å². The van der Waals surface area contributed by atoms with Crippen molar-refractivity contribution < 1.29 is 23.7 Å². The van der Waals surface area contributed by atoms with Gasteiger partial charge >= 0.3 is 5.97 Å². The van der Waals surface area contributed by atoms with Crippen molar-refractivity contribution in [3.05, 3.63) is 48.6 Å². The largest absolute Gasteiger partial charge is 0.493 e. The van der Waals surface area contributed by atoms with Crippen LogP contribution in [0.15, 0.2) is 48.6 Å². The number of rotatable bonds is 14. The topological polar surface area (TPSA) is 54.0 Å². The van der Waals surface area contributed by atoms with E-state index < -0.39 is 12.1 Å². The molecule has 5 nitrogen and oxygen atoms in total. The molecule has 1 atom stereocenters. The highest BCUT2D eigenvalue weighted by Crippen LogP contribution is 2.33.